The summed E-state index contributed by atoms with van der Waals surface area (Å²) >= 11 is 0. The van der Waals surface area contributed by atoms with Crippen LogP contribution in [0.25, 0.3) is 0 Å². The van der Waals surface area contributed by atoms with Gasteiger partial charge in [0.1, 0.15) is 5.60 Å². The first kappa shape index (κ1) is 18.7. The van der Waals surface area contributed by atoms with Gasteiger partial charge in [-0.05, 0) is 33.8 Å². The summed E-state index contributed by atoms with van der Waals surface area (Å²) in [6, 6.07) is 2.32. The monoisotopic (exact) mass is 337 g/mol. The Morgan fingerprint density at radius 2 is 2.00 bits per heavy atom. The molecule has 1 aromatic heterocycles. The van der Waals surface area contributed by atoms with Gasteiger partial charge in [-0.3, -0.25) is 9.58 Å². The van der Waals surface area contributed by atoms with E-state index in [1.807, 2.05) is 44.8 Å². The molecule has 136 valence electrons. The van der Waals surface area contributed by atoms with E-state index >= 15 is 0 Å². The summed E-state index contributed by atoms with van der Waals surface area (Å²) in [6.07, 6.45) is 1.62. The summed E-state index contributed by atoms with van der Waals surface area (Å²) in [6.45, 7) is 13.0. The lowest BCUT2D eigenvalue weighted by molar-refractivity contribution is 0.0146. The average Bonchev–Trinajstić information content (AvgIpc) is 2.92. The van der Waals surface area contributed by atoms with Gasteiger partial charge in [0, 0.05) is 58.6 Å². The number of aryl methyl sites for hydroxylation is 1. The number of amides is 1. The highest BCUT2D eigenvalue weighted by Gasteiger charge is 2.25. The van der Waals surface area contributed by atoms with Crippen LogP contribution in [0.3, 0.4) is 0 Å². The molecule has 2 heterocycles. The molecule has 2 rings (SSSR count). The van der Waals surface area contributed by atoms with E-state index in [9.17, 15) is 4.79 Å². The van der Waals surface area contributed by atoms with E-state index in [2.05, 4.69) is 22.2 Å². The highest BCUT2D eigenvalue weighted by Crippen LogP contribution is 2.12. The molecule has 1 amide bonds. The molecule has 7 nitrogen and oxygen atoms in total. The normalized spacial score (nSPS) is 17.8. The first-order chi connectivity index (χ1) is 11.3. The minimum absolute atomic E-state index is 0.204. The van der Waals surface area contributed by atoms with Crippen molar-refractivity contribution in [2.75, 3.05) is 39.3 Å². The minimum Gasteiger partial charge on any atom is -0.444 e. The second-order valence-corrected chi connectivity index (χ2v) is 7.36. The van der Waals surface area contributed by atoms with Gasteiger partial charge in [-0.2, -0.15) is 5.10 Å². The lowest BCUT2D eigenvalue weighted by Crippen LogP contribution is -2.51. The van der Waals surface area contributed by atoms with Gasteiger partial charge in [-0.1, -0.05) is 0 Å². The van der Waals surface area contributed by atoms with Crippen LogP contribution in [-0.4, -0.2) is 70.5 Å². The zero-order valence-electron chi connectivity index (χ0n) is 15.6. The smallest absolute Gasteiger partial charge is 0.410 e. The van der Waals surface area contributed by atoms with Crippen molar-refractivity contribution >= 4 is 6.09 Å². The molecule has 1 aliphatic heterocycles. The van der Waals surface area contributed by atoms with Gasteiger partial charge in [0.2, 0.25) is 0 Å². The summed E-state index contributed by atoms with van der Waals surface area (Å²) < 4.78 is 7.33. The zero-order valence-corrected chi connectivity index (χ0v) is 15.6. The third kappa shape index (κ3) is 5.49. The second-order valence-electron chi connectivity index (χ2n) is 7.36. The van der Waals surface area contributed by atoms with Crippen molar-refractivity contribution in [1.82, 2.24) is 24.9 Å². The Bertz CT molecular complexity index is 529. The molecule has 24 heavy (non-hydrogen) atoms. The summed E-state index contributed by atoms with van der Waals surface area (Å²) in [4.78, 5) is 16.2. The molecule has 1 saturated heterocycles. The number of carbonyl (C=O) groups is 1. The molecular formula is C17H31N5O2. The number of piperazine rings is 1. The predicted molar refractivity (Wildman–Crippen MR) is 93.9 cm³/mol. The van der Waals surface area contributed by atoms with E-state index in [0.29, 0.717) is 0 Å². The summed E-state index contributed by atoms with van der Waals surface area (Å²) in [5, 5.41) is 7.73. The lowest BCUT2D eigenvalue weighted by Gasteiger charge is -2.35. The number of carbonyl (C=O) groups excluding carboxylic acids is 1. The molecule has 1 atom stereocenters. The maximum Gasteiger partial charge on any atom is 0.410 e. The quantitative estimate of drug-likeness (QED) is 0.885. The van der Waals surface area contributed by atoms with Crippen LogP contribution in [0, 0.1) is 0 Å². The van der Waals surface area contributed by atoms with Crippen molar-refractivity contribution in [3.05, 3.63) is 18.0 Å². The third-order valence-corrected chi connectivity index (χ3v) is 4.21. The molecule has 1 aliphatic rings. The number of hydrogen-bond donors (Lipinski definition) is 1. The van der Waals surface area contributed by atoms with Crippen molar-refractivity contribution < 1.29 is 9.53 Å². The van der Waals surface area contributed by atoms with Crippen molar-refractivity contribution in [2.24, 2.45) is 7.05 Å². The Balaban J connectivity index is 1.66. The maximum atomic E-state index is 12.1. The molecule has 1 fully saturated rings. The number of aromatic nitrogens is 2. The van der Waals surface area contributed by atoms with Gasteiger partial charge < -0.3 is 15.0 Å². The van der Waals surface area contributed by atoms with Crippen LogP contribution >= 0.6 is 0 Å². The van der Waals surface area contributed by atoms with Crippen molar-refractivity contribution in [3.8, 4) is 0 Å². The van der Waals surface area contributed by atoms with Crippen molar-refractivity contribution in [1.29, 1.82) is 0 Å². The van der Waals surface area contributed by atoms with E-state index in [-0.39, 0.29) is 12.1 Å². The third-order valence-electron chi connectivity index (χ3n) is 4.21. The number of hydrogen-bond acceptors (Lipinski definition) is 5. The van der Waals surface area contributed by atoms with Crippen LogP contribution in [0.15, 0.2) is 12.3 Å². The van der Waals surface area contributed by atoms with E-state index in [4.69, 9.17) is 4.74 Å². The van der Waals surface area contributed by atoms with Gasteiger partial charge in [-0.25, -0.2) is 4.79 Å². The Morgan fingerprint density at radius 3 is 2.54 bits per heavy atom. The summed E-state index contributed by atoms with van der Waals surface area (Å²) in [5.41, 5.74) is 0.754. The molecule has 0 bridgehead atoms. The van der Waals surface area contributed by atoms with E-state index < -0.39 is 5.60 Å². The van der Waals surface area contributed by atoms with Gasteiger partial charge >= 0.3 is 6.09 Å². The fourth-order valence-corrected chi connectivity index (χ4v) is 2.83. The molecule has 0 saturated carbocycles. The fourth-order valence-electron chi connectivity index (χ4n) is 2.83. The molecular weight excluding hydrogens is 306 g/mol. The van der Waals surface area contributed by atoms with Crippen molar-refractivity contribution in [2.45, 2.75) is 39.3 Å². The minimum atomic E-state index is -0.430. The predicted octanol–water partition coefficient (Wildman–Crippen LogP) is 1.62. The van der Waals surface area contributed by atoms with Crippen LogP contribution in [0.5, 0.6) is 0 Å². The van der Waals surface area contributed by atoms with Crippen LogP contribution in [0.2, 0.25) is 0 Å². The highest BCUT2D eigenvalue weighted by atomic mass is 16.6. The molecule has 1 unspecified atom stereocenters. The maximum absolute atomic E-state index is 12.1. The summed E-state index contributed by atoms with van der Waals surface area (Å²) in [5.74, 6) is 0. The van der Waals surface area contributed by atoms with Crippen LogP contribution < -0.4 is 5.32 Å². The van der Waals surface area contributed by atoms with Crippen LogP contribution in [0.4, 0.5) is 4.79 Å². The molecule has 0 aromatic carbocycles. The lowest BCUT2D eigenvalue weighted by atomic mass is 10.2. The first-order valence-corrected chi connectivity index (χ1v) is 8.68. The number of nitrogens with zero attached hydrogens (tertiary/aromatic N) is 4. The molecule has 0 spiro atoms. The Labute approximate surface area is 144 Å². The zero-order chi connectivity index (χ0) is 17.7. The Morgan fingerprint density at radius 1 is 1.33 bits per heavy atom. The molecule has 1 aromatic rings. The standard InChI is InChI=1S/C17H31N5O2/c1-14(15-6-7-19-20(15)5)18-8-9-21-10-12-22(13-11-21)16(23)24-17(2,3)4/h6-7,14,18H,8-13H2,1-5H3. The van der Waals surface area contributed by atoms with E-state index in [0.717, 1.165) is 39.3 Å². The summed E-state index contributed by atoms with van der Waals surface area (Å²) in [7, 11) is 1.96. The molecule has 0 radical (unpaired) electrons. The topological polar surface area (TPSA) is 62.6 Å². The van der Waals surface area contributed by atoms with Crippen LogP contribution in [-0.2, 0) is 11.8 Å². The van der Waals surface area contributed by atoms with Gasteiger partial charge in [0.15, 0.2) is 0 Å². The number of ether oxygens (including phenoxy) is 1. The van der Waals surface area contributed by atoms with E-state index in [1.54, 1.807) is 4.90 Å². The largest absolute Gasteiger partial charge is 0.444 e. The number of nitrogens with one attached hydrogen (secondary N) is 1. The fraction of sp³-hybridized carbons (Fsp3) is 0.765. The number of rotatable bonds is 5. The van der Waals surface area contributed by atoms with E-state index in [1.165, 1.54) is 5.69 Å². The first-order valence-electron chi connectivity index (χ1n) is 8.68. The van der Waals surface area contributed by atoms with Gasteiger partial charge in [0.25, 0.3) is 0 Å². The van der Waals surface area contributed by atoms with Crippen LogP contribution in [0.1, 0.15) is 39.4 Å². The van der Waals surface area contributed by atoms with Gasteiger partial charge in [-0.15, -0.1) is 0 Å². The van der Waals surface area contributed by atoms with Crippen molar-refractivity contribution in [3.63, 3.8) is 0 Å². The second kappa shape index (κ2) is 7.98. The molecule has 7 heteroatoms. The SMILES string of the molecule is CC(NCCN1CCN(C(=O)OC(C)(C)C)CC1)c1ccnn1C. The average molecular weight is 337 g/mol. The highest BCUT2D eigenvalue weighted by molar-refractivity contribution is 5.68. The van der Waals surface area contributed by atoms with Gasteiger partial charge in [0.05, 0.1) is 5.69 Å². The Kier molecular flexibility index (Phi) is 6.23. The molecule has 0 aliphatic carbocycles. The molecule has 1 N–H and O–H groups in total. The Hall–Kier alpha value is -1.60.